The number of fused-ring (bicyclic) bond motifs is 1. The zero-order chi connectivity index (χ0) is 12.2. The van der Waals surface area contributed by atoms with Gasteiger partial charge in [-0.05, 0) is 30.5 Å². The van der Waals surface area contributed by atoms with Crippen molar-refractivity contribution in [1.82, 2.24) is 9.97 Å². The van der Waals surface area contributed by atoms with Crippen molar-refractivity contribution in [1.29, 1.82) is 5.26 Å². The van der Waals surface area contributed by atoms with Gasteiger partial charge in [0.1, 0.15) is 11.2 Å². The summed E-state index contributed by atoms with van der Waals surface area (Å²) in [5.74, 6) is 1.72. The lowest BCUT2D eigenvalue weighted by Gasteiger charge is -2.35. The van der Waals surface area contributed by atoms with Gasteiger partial charge in [0.25, 0.3) is 0 Å². The molecule has 1 aliphatic heterocycles. The highest BCUT2D eigenvalue weighted by Gasteiger charge is 2.41. The van der Waals surface area contributed by atoms with Crippen LogP contribution in [0.1, 0.15) is 30.1 Å². The second-order valence-corrected chi connectivity index (χ2v) is 5.31. The van der Waals surface area contributed by atoms with Crippen LogP contribution in [0.2, 0.25) is 0 Å². The molecule has 1 saturated heterocycles. The minimum Gasteiger partial charge on any atom is -0.377 e. The van der Waals surface area contributed by atoms with Gasteiger partial charge in [-0.25, -0.2) is 4.98 Å². The Kier molecular flexibility index (Phi) is 1.87. The topological polar surface area (TPSA) is 61.7 Å². The van der Waals surface area contributed by atoms with Crippen LogP contribution in [0.5, 0.6) is 0 Å². The molecule has 4 heteroatoms. The predicted molar refractivity (Wildman–Crippen MR) is 66.2 cm³/mol. The number of rotatable bonds is 2. The molecule has 0 amide bonds. The first-order chi connectivity index (χ1) is 8.81. The summed E-state index contributed by atoms with van der Waals surface area (Å²) in [6.07, 6.45) is 2.48. The molecular formula is C14H13N3O. The molecule has 2 heterocycles. The van der Waals surface area contributed by atoms with Crippen LogP contribution in [0, 0.1) is 11.3 Å². The molecule has 0 bridgehead atoms. The summed E-state index contributed by atoms with van der Waals surface area (Å²) in [5, 5.41) is 9.31. The third kappa shape index (κ3) is 1.31. The number of aromatic nitrogens is 2. The van der Waals surface area contributed by atoms with Gasteiger partial charge in [0.15, 0.2) is 0 Å². The molecule has 4 rings (SSSR count). The van der Waals surface area contributed by atoms with Gasteiger partial charge in [0.2, 0.25) is 0 Å². The number of imidazole rings is 1. The third-order valence-corrected chi connectivity index (χ3v) is 3.93. The van der Waals surface area contributed by atoms with Crippen LogP contribution in [0.4, 0.5) is 0 Å². The molecule has 4 nitrogen and oxygen atoms in total. The van der Waals surface area contributed by atoms with E-state index >= 15 is 0 Å². The van der Waals surface area contributed by atoms with Crippen molar-refractivity contribution in [3.8, 4) is 6.07 Å². The molecule has 1 N–H and O–H groups in total. The Bertz CT molecular complexity index is 659. The lowest BCUT2D eigenvalue weighted by molar-refractivity contribution is -0.0297. The summed E-state index contributed by atoms with van der Waals surface area (Å²) < 4.78 is 5.20. The maximum absolute atomic E-state index is 9.31. The van der Waals surface area contributed by atoms with Gasteiger partial charge in [-0.15, -0.1) is 0 Å². The van der Waals surface area contributed by atoms with E-state index in [1.165, 1.54) is 12.8 Å². The number of hydrogen-bond donors (Lipinski definition) is 1. The summed E-state index contributed by atoms with van der Waals surface area (Å²) in [5.41, 5.74) is 2.62. The van der Waals surface area contributed by atoms with E-state index in [4.69, 9.17) is 4.74 Å². The molecule has 0 spiro atoms. The first-order valence-electron chi connectivity index (χ1n) is 6.30. The smallest absolute Gasteiger partial charge is 0.129 e. The first-order valence-corrected chi connectivity index (χ1v) is 6.30. The van der Waals surface area contributed by atoms with E-state index < -0.39 is 5.41 Å². The highest BCUT2D eigenvalue weighted by atomic mass is 16.5. The Hall–Kier alpha value is -1.86. The summed E-state index contributed by atoms with van der Waals surface area (Å²) in [6, 6.07) is 8.44. The summed E-state index contributed by atoms with van der Waals surface area (Å²) in [6.45, 7) is 0.997. The first kappa shape index (κ1) is 10.1. The van der Waals surface area contributed by atoms with Crippen molar-refractivity contribution in [2.24, 2.45) is 0 Å². The fourth-order valence-corrected chi connectivity index (χ4v) is 2.48. The number of nitriles is 1. The molecule has 90 valence electrons. The van der Waals surface area contributed by atoms with Crippen LogP contribution in [-0.4, -0.2) is 23.2 Å². The standard InChI is InChI=1S/C14H13N3O/c15-6-14(7-18-8-14)10-3-4-11-12(5-10)17-13(16-11)9-1-2-9/h3-5,9H,1-2,7-8H2,(H,16,17). The highest BCUT2D eigenvalue weighted by Crippen LogP contribution is 2.39. The molecule has 2 fully saturated rings. The van der Waals surface area contributed by atoms with Crippen LogP contribution in [0.15, 0.2) is 18.2 Å². The average molecular weight is 239 g/mol. The summed E-state index contributed by atoms with van der Waals surface area (Å²) in [4.78, 5) is 7.98. The molecule has 1 aromatic heterocycles. The van der Waals surface area contributed by atoms with E-state index in [1.54, 1.807) is 0 Å². The van der Waals surface area contributed by atoms with E-state index in [0.717, 1.165) is 22.4 Å². The zero-order valence-corrected chi connectivity index (χ0v) is 9.94. The van der Waals surface area contributed by atoms with Crippen molar-refractivity contribution in [2.45, 2.75) is 24.2 Å². The number of hydrogen-bond acceptors (Lipinski definition) is 3. The maximum atomic E-state index is 9.31. The quantitative estimate of drug-likeness (QED) is 0.874. The number of H-pyrrole nitrogens is 1. The Balaban J connectivity index is 1.81. The number of benzene rings is 1. The normalized spacial score (nSPS) is 21.5. The fourth-order valence-electron chi connectivity index (χ4n) is 2.48. The number of ether oxygens (including phenoxy) is 1. The SMILES string of the molecule is N#CC1(c2ccc3nc(C4CC4)[nH]c3c2)COC1. The number of nitrogens with zero attached hydrogens (tertiary/aromatic N) is 2. The van der Waals surface area contributed by atoms with Gasteiger partial charge in [0.05, 0.1) is 30.3 Å². The van der Waals surface area contributed by atoms with Crippen LogP contribution in [-0.2, 0) is 10.2 Å². The van der Waals surface area contributed by atoms with E-state index in [2.05, 4.69) is 22.1 Å². The lowest BCUT2D eigenvalue weighted by Crippen LogP contribution is -2.45. The lowest BCUT2D eigenvalue weighted by atomic mass is 9.80. The Labute approximate surface area is 105 Å². The molecule has 1 saturated carbocycles. The monoisotopic (exact) mass is 239 g/mol. The molecular weight excluding hydrogens is 226 g/mol. The van der Waals surface area contributed by atoms with E-state index in [1.807, 2.05) is 12.1 Å². The van der Waals surface area contributed by atoms with Crippen molar-refractivity contribution < 1.29 is 4.74 Å². The van der Waals surface area contributed by atoms with E-state index in [-0.39, 0.29) is 0 Å². The molecule has 2 aromatic rings. The molecule has 0 unspecified atom stereocenters. The van der Waals surface area contributed by atoms with Crippen LogP contribution in [0.25, 0.3) is 11.0 Å². The fraction of sp³-hybridized carbons (Fsp3) is 0.429. The average Bonchev–Trinajstić information content (AvgIpc) is 3.09. The minimum absolute atomic E-state index is 0.445. The van der Waals surface area contributed by atoms with Crippen LogP contribution < -0.4 is 0 Å². The second-order valence-electron chi connectivity index (χ2n) is 5.31. The molecule has 0 radical (unpaired) electrons. The van der Waals surface area contributed by atoms with Gasteiger partial charge in [-0.1, -0.05) is 6.07 Å². The predicted octanol–water partition coefficient (Wildman–Crippen LogP) is 2.23. The summed E-state index contributed by atoms with van der Waals surface area (Å²) in [7, 11) is 0. The molecule has 18 heavy (non-hydrogen) atoms. The van der Waals surface area contributed by atoms with Gasteiger partial charge in [-0.3, -0.25) is 0 Å². The Morgan fingerprint density at radius 2 is 2.22 bits per heavy atom. The van der Waals surface area contributed by atoms with Gasteiger partial charge >= 0.3 is 0 Å². The summed E-state index contributed by atoms with van der Waals surface area (Å²) >= 11 is 0. The second kappa shape index (κ2) is 3.33. The number of nitrogens with one attached hydrogen (secondary N) is 1. The van der Waals surface area contributed by atoms with Crippen molar-refractivity contribution in [3.63, 3.8) is 0 Å². The maximum Gasteiger partial charge on any atom is 0.129 e. The molecule has 0 atom stereocenters. The Morgan fingerprint density at radius 3 is 2.83 bits per heavy atom. The zero-order valence-electron chi connectivity index (χ0n) is 9.94. The third-order valence-electron chi connectivity index (χ3n) is 3.93. The molecule has 1 aliphatic carbocycles. The van der Waals surface area contributed by atoms with E-state index in [9.17, 15) is 5.26 Å². The molecule has 1 aromatic carbocycles. The highest BCUT2D eigenvalue weighted by molar-refractivity contribution is 5.76. The van der Waals surface area contributed by atoms with Crippen molar-refractivity contribution in [3.05, 3.63) is 29.6 Å². The Morgan fingerprint density at radius 1 is 1.39 bits per heavy atom. The van der Waals surface area contributed by atoms with Gasteiger partial charge in [-0.2, -0.15) is 5.26 Å². The van der Waals surface area contributed by atoms with Crippen LogP contribution in [0.3, 0.4) is 0 Å². The van der Waals surface area contributed by atoms with Crippen molar-refractivity contribution >= 4 is 11.0 Å². The largest absolute Gasteiger partial charge is 0.377 e. The number of aromatic amines is 1. The molecule has 2 aliphatic rings. The van der Waals surface area contributed by atoms with Gasteiger partial charge < -0.3 is 9.72 Å². The minimum atomic E-state index is -0.445. The van der Waals surface area contributed by atoms with E-state index in [0.29, 0.717) is 19.1 Å². The van der Waals surface area contributed by atoms with Crippen LogP contribution >= 0.6 is 0 Å². The van der Waals surface area contributed by atoms with Crippen molar-refractivity contribution in [2.75, 3.05) is 13.2 Å². The van der Waals surface area contributed by atoms with Gasteiger partial charge in [0, 0.05) is 5.92 Å².